The Balaban J connectivity index is 2.62. The number of ketones is 2. The Morgan fingerprint density at radius 1 is 1.05 bits per heavy atom. The topological polar surface area (TPSA) is 34.1 Å². The molecule has 0 N–H and O–H groups in total. The van der Waals surface area contributed by atoms with Gasteiger partial charge in [0, 0.05) is 10.0 Å². The van der Waals surface area contributed by atoms with Crippen LogP contribution >= 0.6 is 15.9 Å². The zero-order valence-electron chi connectivity index (χ0n) is 10.00. The lowest BCUT2D eigenvalue weighted by Gasteiger charge is -2.14. The van der Waals surface area contributed by atoms with Crippen LogP contribution in [0, 0.1) is 0 Å². The third-order valence-corrected chi connectivity index (χ3v) is 3.56. The van der Waals surface area contributed by atoms with Crippen LogP contribution in [0.25, 0.3) is 10.8 Å². The first-order valence-corrected chi connectivity index (χ1v) is 6.38. The molecule has 0 atom stereocenters. The summed E-state index contributed by atoms with van der Waals surface area (Å²) < 4.78 is 39.9. The van der Waals surface area contributed by atoms with Crippen LogP contribution in [0.15, 0.2) is 40.9 Å². The van der Waals surface area contributed by atoms with E-state index in [1.165, 1.54) is 18.2 Å². The lowest BCUT2D eigenvalue weighted by Crippen LogP contribution is -2.39. The molecular formula is C14H8BrF3O2. The summed E-state index contributed by atoms with van der Waals surface area (Å²) in [5.74, 6) is -8.08. The highest BCUT2D eigenvalue weighted by Crippen LogP contribution is 2.31. The molecule has 0 heterocycles. The number of carbonyl (C=O) groups is 2. The van der Waals surface area contributed by atoms with Gasteiger partial charge < -0.3 is 0 Å². The van der Waals surface area contributed by atoms with Crippen molar-refractivity contribution in [1.29, 1.82) is 0 Å². The minimum absolute atomic E-state index is 0.276. The molecule has 0 saturated carbocycles. The Labute approximate surface area is 120 Å². The van der Waals surface area contributed by atoms with E-state index in [1.54, 1.807) is 18.2 Å². The highest BCUT2D eigenvalue weighted by atomic mass is 79.9. The molecule has 0 bridgehead atoms. The largest absolute Gasteiger partial charge is 0.369 e. The van der Waals surface area contributed by atoms with Crippen LogP contribution in [0.3, 0.4) is 0 Å². The first kappa shape index (κ1) is 14.7. The third-order valence-electron chi connectivity index (χ3n) is 2.87. The highest BCUT2D eigenvalue weighted by molar-refractivity contribution is 9.10. The molecule has 0 aliphatic carbocycles. The second-order valence-corrected chi connectivity index (χ2v) is 4.96. The number of rotatable bonds is 4. The summed E-state index contributed by atoms with van der Waals surface area (Å²) in [4.78, 5) is 22.7. The van der Waals surface area contributed by atoms with E-state index in [1.807, 2.05) is 0 Å². The smallest absolute Gasteiger partial charge is 0.289 e. The SMILES string of the molecule is O=C(CF)C(F)(F)C(=O)c1ccc(Br)c2ccccc12. The van der Waals surface area contributed by atoms with Gasteiger partial charge in [-0.05, 0) is 22.9 Å². The Bertz CT molecular complexity index is 698. The van der Waals surface area contributed by atoms with Gasteiger partial charge in [0.1, 0.15) is 0 Å². The van der Waals surface area contributed by atoms with Crippen molar-refractivity contribution in [2.24, 2.45) is 0 Å². The summed E-state index contributed by atoms with van der Waals surface area (Å²) in [5, 5.41) is 0.833. The summed E-state index contributed by atoms with van der Waals surface area (Å²) in [6.45, 7) is -1.88. The van der Waals surface area contributed by atoms with Gasteiger partial charge in [-0.3, -0.25) is 9.59 Å². The van der Waals surface area contributed by atoms with E-state index in [2.05, 4.69) is 15.9 Å². The van der Waals surface area contributed by atoms with Crippen LogP contribution in [0.4, 0.5) is 13.2 Å². The monoisotopic (exact) mass is 344 g/mol. The van der Waals surface area contributed by atoms with Gasteiger partial charge in [-0.25, -0.2) is 4.39 Å². The van der Waals surface area contributed by atoms with Crippen molar-refractivity contribution in [1.82, 2.24) is 0 Å². The third kappa shape index (κ3) is 2.35. The fourth-order valence-corrected chi connectivity index (χ4v) is 2.32. The molecule has 0 aliphatic heterocycles. The lowest BCUT2D eigenvalue weighted by molar-refractivity contribution is -0.137. The van der Waals surface area contributed by atoms with Gasteiger partial charge in [-0.15, -0.1) is 0 Å². The Kier molecular flexibility index (Phi) is 3.94. The van der Waals surface area contributed by atoms with E-state index in [9.17, 15) is 22.8 Å². The molecule has 0 aromatic heterocycles. The van der Waals surface area contributed by atoms with Crippen molar-refractivity contribution in [2.75, 3.05) is 6.67 Å². The van der Waals surface area contributed by atoms with Crippen molar-refractivity contribution in [3.8, 4) is 0 Å². The van der Waals surface area contributed by atoms with Gasteiger partial charge in [0.05, 0.1) is 0 Å². The Morgan fingerprint density at radius 2 is 1.65 bits per heavy atom. The summed E-state index contributed by atoms with van der Waals surface area (Å²) in [6.07, 6.45) is 0. The van der Waals surface area contributed by atoms with Crippen molar-refractivity contribution >= 4 is 38.3 Å². The zero-order valence-corrected chi connectivity index (χ0v) is 11.6. The van der Waals surface area contributed by atoms with Crippen molar-refractivity contribution in [3.63, 3.8) is 0 Å². The first-order chi connectivity index (χ1) is 9.39. The minimum atomic E-state index is -4.36. The maximum absolute atomic E-state index is 13.6. The van der Waals surface area contributed by atoms with Crippen LogP contribution in [0.2, 0.25) is 0 Å². The number of hydrogen-bond acceptors (Lipinski definition) is 2. The fraction of sp³-hybridized carbons (Fsp3) is 0.143. The van der Waals surface area contributed by atoms with Gasteiger partial charge in [-0.1, -0.05) is 40.2 Å². The molecule has 0 amide bonds. The van der Waals surface area contributed by atoms with Gasteiger partial charge in [0.15, 0.2) is 6.67 Å². The summed E-state index contributed by atoms with van der Waals surface area (Å²) >= 11 is 3.25. The maximum Gasteiger partial charge on any atom is 0.369 e. The van der Waals surface area contributed by atoms with E-state index < -0.39 is 24.2 Å². The van der Waals surface area contributed by atoms with E-state index in [4.69, 9.17) is 0 Å². The second kappa shape index (κ2) is 5.36. The van der Waals surface area contributed by atoms with Gasteiger partial charge in [-0.2, -0.15) is 8.78 Å². The average Bonchev–Trinajstić information content (AvgIpc) is 2.46. The van der Waals surface area contributed by atoms with Crippen LogP contribution in [-0.2, 0) is 4.79 Å². The molecule has 0 spiro atoms. The molecule has 0 aliphatic rings. The molecule has 2 rings (SSSR count). The average molecular weight is 345 g/mol. The van der Waals surface area contributed by atoms with Crippen LogP contribution in [0.5, 0.6) is 0 Å². The van der Waals surface area contributed by atoms with Crippen molar-refractivity contribution in [2.45, 2.75) is 5.92 Å². The normalized spacial score (nSPS) is 11.6. The molecular weight excluding hydrogens is 337 g/mol. The number of Topliss-reactive ketones (excluding diaryl/α,β-unsaturated/α-hetero) is 2. The number of fused-ring (bicyclic) bond motifs is 1. The van der Waals surface area contributed by atoms with E-state index >= 15 is 0 Å². The first-order valence-electron chi connectivity index (χ1n) is 5.58. The molecule has 104 valence electrons. The van der Waals surface area contributed by atoms with Crippen LogP contribution in [0.1, 0.15) is 10.4 Å². The van der Waals surface area contributed by atoms with Gasteiger partial charge in [0.2, 0.25) is 11.6 Å². The lowest BCUT2D eigenvalue weighted by atomic mass is 9.97. The number of carbonyl (C=O) groups excluding carboxylic acids is 2. The second-order valence-electron chi connectivity index (χ2n) is 4.10. The molecule has 20 heavy (non-hydrogen) atoms. The maximum atomic E-state index is 13.6. The standard InChI is InChI=1S/C14H8BrF3O2/c15-11-6-5-10(8-3-1-2-4-9(8)11)13(20)14(17,18)12(19)7-16/h1-6H,7H2. The van der Waals surface area contributed by atoms with Crippen molar-refractivity contribution < 1.29 is 22.8 Å². The van der Waals surface area contributed by atoms with E-state index in [0.29, 0.717) is 9.86 Å². The summed E-state index contributed by atoms with van der Waals surface area (Å²) in [6, 6.07) is 9.03. The molecule has 6 heteroatoms. The fourth-order valence-electron chi connectivity index (χ4n) is 1.84. The molecule has 2 nitrogen and oxygen atoms in total. The molecule has 2 aromatic rings. The molecule has 0 saturated heterocycles. The van der Waals surface area contributed by atoms with Gasteiger partial charge >= 0.3 is 5.92 Å². The predicted octanol–water partition coefficient (Wildman–Crippen LogP) is 3.96. The number of hydrogen-bond donors (Lipinski definition) is 0. The van der Waals surface area contributed by atoms with Crippen LogP contribution in [-0.4, -0.2) is 24.2 Å². The zero-order chi connectivity index (χ0) is 14.9. The Hall–Kier alpha value is -1.69. The number of alkyl halides is 3. The predicted molar refractivity (Wildman–Crippen MR) is 71.9 cm³/mol. The summed E-state index contributed by atoms with van der Waals surface area (Å²) in [5.41, 5.74) is -0.310. The van der Waals surface area contributed by atoms with Crippen molar-refractivity contribution in [3.05, 3.63) is 46.4 Å². The molecule has 0 radical (unpaired) electrons. The number of benzene rings is 2. The molecule has 0 fully saturated rings. The van der Waals surface area contributed by atoms with Crippen LogP contribution < -0.4 is 0 Å². The number of halogens is 4. The van der Waals surface area contributed by atoms with Gasteiger partial charge in [0.25, 0.3) is 0 Å². The quantitative estimate of drug-likeness (QED) is 0.621. The van der Waals surface area contributed by atoms with E-state index in [0.717, 1.165) is 0 Å². The van der Waals surface area contributed by atoms with E-state index in [-0.39, 0.29) is 10.9 Å². The molecule has 2 aromatic carbocycles. The molecule has 0 unspecified atom stereocenters. The Morgan fingerprint density at radius 3 is 2.25 bits per heavy atom. The highest BCUT2D eigenvalue weighted by Gasteiger charge is 2.47. The minimum Gasteiger partial charge on any atom is -0.289 e. The summed E-state index contributed by atoms with van der Waals surface area (Å²) in [7, 11) is 0.